The van der Waals surface area contributed by atoms with Crippen LogP contribution in [-0.2, 0) is 6.61 Å². The largest absolute Gasteiger partial charge is 0.392 e. The molecule has 3 rings (SSSR count). The molecule has 5 heteroatoms. The van der Waals surface area contributed by atoms with Gasteiger partial charge in [-0.3, -0.25) is 0 Å². The second-order valence-corrected chi connectivity index (χ2v) is 3.75. The fraction of sp³-hybridized carbons (Fsp3) is 0.182. The van der Waals surface area contributed by atoms with Crippen LogP contribution in [0.4, 0.5) is 0 Å². The maximum absolute atomic E-state index is 9.34. The molecule has 1 aromatic carbocycles. The molecule has 5 nitrogen and oxygen atoms in total. The first kappa shape index (κ1) is 9.23. The molecule has 3 aromatic rings. The zero-order valence-electron chi connectivity index (χ0n) is 8.75. The number of fused-ring (bicyclic) bond motifs is 3. The van der Waals surface area contributed by atoms with Crippen molar-refractivity contribution < 1.29 is 5.11 Å². The smallest absolute Gasteiger partial charge is 0.180 e. The summed E-state index contributed by atoms with van der Waals surface area (Å²) in [5.41, 5.74) is 3.52. The monoisotopic (exact) mass is 214 g/mol. The first-order chi connectivity index (χ1) is 7.81. The maximum Gasteiger partial charge on any atom is 0.180 e. The molecule has 80 valence electrons. The Kier molecular flexibility index (Phi) is 1.87. The summed E-state index contributed by atoms with van der Waals surface area (Å²) in [6.45, 7) is 1.99. The van der Waals surface area contributed by atoms with E-state index in [4.69, 9.17) is 0 Å². The number of hydrogen-bond acceptors (Lipinski definition) is 4. The Morgan fingerprint density at radius 3 is 3.06 bits per heavy atom. The molecule has 0 atom stereocenters. The van der Waals surface area contributed by atoms with Gasteiger partial charge < -0.3 is 5.11 Å². The standard InChI is InChI=1S/C11H10N4O/c1-7-5-10-12-13-14-15(10)11-8(6-16)3-2-4-9(7)11/h2-5,16H,6H2,1H3. The number of tetrazole rings is 1. The van der Waals surface area contributed by atoms with Gasteiger partial charge in [0.2, 0.25) is 0 Å². The van der Waals surface area contributed by atoms with E-state index >= 15 is 0 Å². The normalized spacial score (nSPS) is 11.4. The Hall–Kier alpha value is -2.01. The van der Waals surface area contributed by atoms with Crippen molar-refractivity contribution in [1.82, 2.24) is 20.0 Å². The summed E-state index contributed by atoms with van der Waals surface area (Å²) >= 11 is 0. The molecule has 0 bridgehead atoms. The number of aryl methyl sites for hydroxylation is 1. The molecule has 1 N–H and O–H groups in total. The lowest BCUT2D eigenvalue weighted by Gasteiger charge is -2.07. The van der Waals surface area contributed by atoms with Crippen LogP contribution in [0.15, 0.2) is 24.3 Å². The van der Waals surface area contributed by atoms with E-state index in [0.29, 0.717) is 5.65 Å². The Morgan fingerprint density at radius 2 is 2.25 bits per heavy atom. The zero-order valence-corrected chi connectivity index (χ0v) is 8.75. The lowest BCUT2D eigenvalue weighted by Crippen LogP contribution is -1.97. The van der Waals surface area contributed by atoms with Gasteiger partial charge in [-0.25, -0.2) is 0 Å². The zero-order chi connectivity index (χ0) is 11.1. The Bertz CT molecular complexity index is 674. The Balaban J connectivity index is 2.62. The maximum atomic E-state index is 9.34. The highest BCUT2D eigenvalue weighted by molar-refractivity contribution is 5.87. The first-order valence-corrected chi connectivity index (χ1v) is 5.01. The van der Waals surface area contributed by atoms with Gasteiger partial charge in [-0.15, -0.1) is 5.10 Å². The molecule has 0 spiro atoms. The average Bonchev–Trinajstić information content (AvgIpc) is 2.76. The Morgan fingerprint density at radius 1 is 1.38 bits per heavy atom. The van der Waals surface area contributed by atoms with Crippen molar-refractivity contribution >= 4 is 16.6 Å². The van der Waals surface area contributed by atoms with Crippen LogP contribution < -0.4 is 0 Å². The highest BCUT2D eigenvalue weighted by Gasteiger charge is 2.09. The second kappa shape index (κ2) is 3.24. The molecule has 0 amide bonds. The van der Waals surface area contributed by atoms with E-state index in [1.165, 1.54) is 0 Å². The van der Waals surface area contributed by atoms with Crippen molar-refractivity contribution in [2.45, 2.75) is 13.5 Å². The number of hydrogen-bond donors (Lipinski definition) is 1. The van der Waals surface area contributed by atoms with Crippen LogP contribution >= 0.6 is 0 Å². The Labute approximate surface area is 91.3 Å². The predicted octanol–water partition coefficient (Wildman–Crippen LogP) is 1.08. The van der Waals surface area contributed by atoms with E-state index in [0.717, 1.165) is 22.0 Å². The van der Waals surface area contributed by atoms with Crippen LogP contribution in [0, 0.1) is 6.92 Å². The average molecular weight is 214 g/mol. The van der Waals surface area contributed by atoms with Gasteiger partial charge in [0.25, 0.3) is 0 Å². The van der Waals surface area contributed by atoms with Gasteiger partial charge in [0.1, 0.15) is 0 Å². The van der Waals surface area contributed by atoms with Crippen LogP contribution in [-0.4, -0.2) is 25.1 Å². The van der Waals surface area contributed by atoms with Gasteiger partial charge in [0, 0.05) is 10.9 Å². The highest BCUT2D eigenvalue weighted by Crippen LogP contribution is 2.22. The van der Waals surface area contributed by atoms with Gasteiger partial charge >= 0.3 is 0 Å². The number of rotatable bonds is 1. The van der Waals surface area contributed by atoms with Crippen LogP contribution in [0.5, 0.6) is 0 Å². The molecular formula is C11H10N4O. The van der Waals surface area contributed by atoms with Gasteiger partial charge in [0.15, 0.2) is 5.65 Å². The molecule has 0 aliphatic rings. The fourth-order valence-corrected chi connectivity index (χ4v) is 2.00. The van der Waals surface area contributed by atoms with Crippen molar-refractivity contribution in [2.24, 2.45) is 0 Å². The number of pyridine rings is 1. The van der Waals surface area contributed by atoms with E-state index in [-0.39, 0.29) is 6.61 Å². The van der Waals surface area contributed by atoms with Gasteiger partial charge in [-0.1, -0.05) is 18.2 Å². The summed E-state index contributed by atoms with van der Waals surface area (Å²) in [4.78, 5) is 0. The minimum absolute atomic E-state index is 0.0181. The van der Waals surface area contributed by atoms with Crippen LogP contribution in [0.1, 0.15) is 11.1 Å². The lowest BCUT2D eigenvalue weighted by molar-refractivity contribution is 0.283. The first-order valence-electron chi connectivity index (χ1n) is 5.01. The van der Waals surface area contributed by atoms with Crippen molar-refractivity contribution in [1.29, 1.82) is 0 Å². The number of aromatic nitrogens is 4. The molecule has 0 aliphatic heterocycles. The topological polar surface area (TPSA) is 63.3 Å². The molecule has 16 heavy (non-hydrogen) atoms. The van der Waals surface area contributed by atoms with Crippen molar-refractivity contribution in [3.05, 3.63) is 35.4 Å². The summed E-state index contributed by atoms with van der Waals surface area (Å²) in [5, 5.41) is 21.9. The molecule has 2 heterocycles. The molecule has 0 unspecified atom stereocenters. The minimum Gasteiger partial charge on any atom is -0.392 e. The second-order valence-electron chi connectivity index (χ2n) is 3.75. The van der Waals surface area contributed by atoms with E-state index in [2.05, 4.69) is 15.5 Å². The van der Waals surface area contributed by atoms with Crippen LogP contribution in [0.3, 0.4) is 0 Å². The number of para-hydroxylation sites is 1. The van der Waals surface area contributed by atoms with Gasteiger partial charge in [-0.2, -0.15) is 4.52 Å². The summed E-state index contributed by atoms with van der Waals surface area (Å²) in [6, 6.07) is 7.74. The molecular weight excluding hydrogens is 204 g/mol. The quantitative estimate of drug-likeness (QED) is 0.658. The lowest BCUT2D eigenvalue weighted by atomic mass is 10.1. The van der Waals surface area contributed by atoms with Crippen LogP contribution in [0.2, 0.25) is 0 Å². The molecule has 0 fully saturated rings. The summed E-state index contributed by atoms with van der Waals surface area (Å²) in [5.74, 6) is 0. The van der Waals surface area contributed by atoms with Crippen molar-refractivity contribution in [3.8, 4) is 0 Å². The van der Waals surface area contributed by atoms with E-state index in [1.54, 1.807) is 4.52 Å². The van der Waals surface area contributed by atoms with Crippen LogP contribution in [0.25, 0.3) is 16.6 Å². The molecule has 0 radical (unpaired) electrons. The minimum atomic E-state index is -0.0181. The van der Waals surface area contributed by atoms with Gasteiger partial charge in [0.05, 0.1) is 12.1 Å². The molecule has 0 aliphatic carbocycles. The highest BCUT2D eigenvalue weighted by atomic mass is 16.3. The number of aliphatic hydroxyl groups is 1. The van der Waals surface area contributed by atoms with E-state index in [1.807, 2.05) is 31.2 Å². The number of benzene rings is 1. The number of nitrogens with zero attached hydrogens (tertiary/aromatic N) is 4. The van der Waals surface area contributed by atoms with E-state index in [9.17, 15) is 5.11 Å². The third-order valence-corrected chi connectivity index (χ3v) is 2.77. The van der Waals surface area contributed by atoms with Gasteiger partial charge in [-0.05, 0) is 29.0 Å². The fourth-order valence-electron chi connectivity index (χ4n) is 2.00. The SMILES string of the molecule is Cc1cc2nnnn2c2c(CO)cccc12. The third kappa shape index (κ3) is 1.12. The van der Waals surface area contributed by atoms with E-state index < -0.39 is 0 Å². The summed E-state index contributed by atoms with van der Waals surface area (Å²) < 4.78 is 1.66. The summed E-state index contributed by atoms with van der Waals surface area (Å²) in [7, 11) is 0. The number of aliphatic hydroxyl groups excluding tert-OH is 1. The summed E-state index contributed by atoms with van der Waals surface area (Å²) in [6.07, 6.45) is 0. The molecule has 0 saturated heterocycles. The molecule has 2 aromatic heterocycles. The predicted molar refractivity (Wildman–Crippen MR) is 58.9 cm³/mol. The van der Waals surface area contributed by atoms with Crippen molar-refractivity contribution in [3.63, 3.8) is 0 Å². The van der Waals surface area contributed by atoms with Crippen molar-refractivity contribution in [2.75, 3.05) is 0 Å². The third-order valence-electron chi connectivity index (χ3n) is 2.77. The molecule has 0 saturated carbocycles.